The summed E-state index contributed by atoms with van der Waals surface area (Å²) in [6, 6.07) is 2.89. The second-order valence-electron chi connectivity index (χ2n) is 10.6. The number of likely N-dealkylation sites (N-methyl/N-ethyl adjacent to an activating group) is 1. The quantitative estimate of drug-likeness (QED) is 0.332. The second-order valence-corrected chi connectivity index (χ2v) is 10.6. The molecular weight excluding hydrogens is 501 g/mol. The number of halogens is 1. The molecule has 0 bridgehead atoms. The van der Waals surface area contributed by atoms with Crippen molar-refractivity contribution in [2.24, 2.45) is 5.92 Å². The third-order valence-electron chi connectivity index (χ3n) is 5.85. The number of nitrogens with zero attached hydrogens (tertiary/aromatic N) is 4. The first-order valence-electron chi connectivity index (χ1n) is 13.3. The number of nitrogens with one attached hydrogen (secondary N) is 3. The third kappa shape index (κ3) is 10.0. The molecule has 10 nitrogen and oxygen atoms in total. The fourth-order valence-corrected chi connectivity index (χ4v) is 4.05. The van der Waals surface area contributed by atoms with E-state index < -0.39 is 17.6 Å². The zero-order valence-corrected chi connectivity index (χ0v) is 23.3. The largest absolute Gasteiger partial charge is 0.444 e. The van der Waals surface area contributed by atoms with Crippen LogP contribution in [0.2, 0.25) is 0 Å². The van der Waals surface area contributed by atoms with E-state index in [2.05, 4.69) is 49.7 Å². The van der Waals surface area contributed by atoms with Crippen molar-refractivity contribution in [3.8, 4) is 11.8 Å². The third-order valence-corrected chi connectivity index (χ3v) is 5.85. The van der Waals surface area contributed by atoms with Crippen LogP contribution < -0.4 is 16.0 Å². The molecule has 1 aliphatic carbocycles. The van der Waals surface area contributed by atoms with E-state index in [1.54, 1.807) is 40.1 Å². The molecule has 0 aromatic carbocycles. The average Bonchev–Trinajstić information content (AvgIpc) is 2.86. The fraction of sp³-hybridized carbons (Fsp3) is 0.536. The van der Waals surface area contributed by atoms with Crippen LogP contribution >= 0.6 is 0 Å². The van der Waals surface area contributed by atoms with E-state index in [1.807, 2.05) is 0 Å². The molecule has 2 amide bonds. The second kappa shape index (κ2) is 13.7. The molecule has 2 aromatic rings. The molecule has 0 spiro atoms. The SMILES string of the molecule is CCCNc1nc(Nc2ccnc(F)c2)ncc1C#C[C@@H]1CCC[C@H](NC(=O)CN(C)C(=O)OC(C)(C)C)C1. The lowest BCUT2D eigenvalue weighted by Gasteiger charge is -2.28. The number of aromatic nitrogens is 3. The number of anilines is 3. The van der Waals surface area contributed by atoms with Crippen molar-refractivity contribution in [3.63, 3.8) is 0 Å². The minimum atomic E-state index is -0.621. The smallest absolute Gasteiger partial charge is 0.410 e. The van der Waals surface area contributed by atoms with Crippen molar-refractivity contribution in [3.05, 3.63) is 36.0 Å². The molecule has 2 aromatic heterocycles. The Balaban J connectivity index is 1.61. The molecule has 1 fully saturated rings. The Labute approximate surface area is 229 Å². The van der Waals surface area contributed by atoms with Gasteiger partial charge in [-0.1, -0.05) is 25.2 Å². The van der Waals surface area contributed by atoms with Gasteiger partial charge in [0.1, 0.15) is 18.0 Å². The number of carbonyl (C=O) groups is 2. The molecule has 210 valence electrons. The molecule has 3 N–H and O–H groups in total. The van der Waals surface area contributed by atoms with Gasteiger partial charge >= 0.3 is 6.09 Å². The van der Waals surface area contributed by atoms with Crippen molar-refractivity contribution in [2.45, 2.75) is 71.4 Å². The van der Waals surface area contributed by atoms with E-state index in [0.29, 0.717) is 29.6 Å². The molecule has 0 radical (unpaired) electrons. The number of carbonyl (C=O) groups excluding carboxylic acids is 2. The standard InChI is InChI=1S/C28H38FN7O3/c1-6-13-31-25-20(17-32-26(35-25)34-22-12-14-30-23(29)16-22)11-10-19-8-7-9-21(15-19)33-24(37)18-36(5)27(38)39-28(2,3)4/h12,14,16-17,19,21H,6-9,13,15,18H2,1-5H3,(H,33,37)(H2,30,31,32,34,35)/t19-,21-/m0/s1. The van der Waals surface area contributed by atoms with Crippen molar-refractivity contribution < 1.29 is 18.7 Å². The molecule has 2 atom stereocenters. The summed E-state index contributed by atoms with van der Waals surface area (Å²) >= 11 is 0. The minimum Gasteiger partial charge on any atom is -0.444 e. The number of amides is 2. The van der Waals surface area contributed by atoms with Gasteiger partial charge in [-0.15, -0.1) is 0 Å². The van der Waals surface area contributed by atoms with Crippen molar-refractivity contribution in [1.29, 1.82) is 0 Å². The highest BCUT2D eigenvalue weighted by Crippen LogP contribution is 2.24. The maximum absolute atomic E-state index is 13.4. The van der Waals surface area contributed by atoms with E-state index in [1.165, 1.54) is 17.2 Å². The molecule has 1 aliphatic rings. The Morgan fingerprint density at radius 3 is 2.77 bits per heavy atom. The Bertz CT molecular complexity index is 1210. The topological polar surface area (TPSA) is 121 Å². The molecule has 0 unspecified atom stereocenters. The lowest BCUT2D eigenvalue weighted by molar-refractivity contribution is -0.123. The summed E-state index contributed by atoms with van der Waals surface area (Å²) in [6.45, 7) is 8.05. The molecule has 2 heterocycles. The van der Waals surface area contributed by atoms with E-state index in [4.69, 9.17) is 4.74 Å². The fourth-order valence-electron chi connectivity index (χ4n) is 4.05. The predicted molar refractivity (Wildman–Crippen MR) is 148 cm³/mol. The van der Waals surface area contributed by atoms with Gasteiger partial charge in [-0.05, 0) is 52.5 Å². The summed E-state index contributed by atoms with van der Waals surface area (Å²) in [4.78, 5) is 38.4. The number of rotatable bonds is 8. The molecular formula is C28H38FN7O3. The number of pyridine rings is 1. The van der Waals surface area contributed by atoms with Gasteiger partial charge in [0, 0.05) is 43.5 Å². The molecule has 39 heavy (non-hydrogen) atoms. The van der Waals surface area contributed by atoms with Crippen LogP contribution in [0.15, 0.2) is 24.5 Å². The van der Waals surface area contributed by atoms with Crippen molar-refractivity contribution in [1.82, 2.24) is 25.2 Å². The van der Waals surface area contributed by atoms with Crippen LogP contribution in [0.25, 0.3) is 0 Å². The van der Waals surface area contributed by atoms with Crippen LogP contribution in [0.3, 0.4) is 0 Å². The van der Waals surface area contributed by atoms with E-state index >= 15 is 0 Å². The van der Waals surface area contributed by atoms with Gasteiger partial charge < -0.3 is 25.6 Å². The van der Waals surface area contributed by atoms with E-state index in [9.17, 15) is 14.0 Å². The summed E-state index contributed by atoms with van der Waals surface area (Å²) in [5.74, 6) is 6.76. The van der Waals surface area contributed by atoms with Gasteiger partial charge in [0.05, 0.1) is 11.8 Å². The number of hydrogen-bond acceptors (Lipinski definition) is 8. The van der Waals surface area contributed by atoms with Crippen LogP contribution in [-0.2, 0) is 9.53 Å². The van der Waals surface area contributed by atoms with Crippen LogP contribution in [0.5, 0.6) is 0 Å². The van der Waals surface area contributed by atoms with Crippen LogP contribution in [0, 0.1) is 23.7 Å². The maximum Gasteiger partial charge on any atom is 0.410 e. The highest BCUT2D eigenvalue weighted by molar-refractivity contribution is 5.82. The Morgan fingerprint density at radius 1 is 1.26 bits per heavy atom. The molecule has 1 saturated carbocycles. The number of ether oxygens (including phenoxy) is 1. The Morgan fingerprint density at radius 2 is 2.05 bits per heavy atom. The molecule has 0 saturated heterocycles. The minimum absolute atomic E-state index is 0.0149. The maximum atomic E-state index is 13.4. The molecule has 0 aliphatic heterocycles. The van der Waals surface area contributed by atoms with Crippen LogP contribution in [-0.4, -0.2) is 63.6 Å². The first-order chi connectivity index (χ1) is 18.5. The van der Waals surface area contributed by atoms with Gasteiger partial charge in [-0.2, -0.15) is 9.37 Å². The van der Waals surface area contributed by atoms with Gasteiger partial charge in [-0.3, -0.25) is 4.79 Å². The van der Waals surface area contributed by atoms with Gasteiger partial charge in [0.15, 0.2) is 0 Å². The van der Waals surface area contributed by atoms with Crippen LogP contribution in [0.4, 0.5) is 26.6 Å². The highest BCUT2D eigenvalue weighted by atomic mass is 19.1. The zero-order chi connectivity index (χ0) is 28.4. The summed E-state index contributed by atoms with van der Waals surface area (Å²) < 4.78 is 18.7. The average molecular weight is 540 g/mol. The van der Waals surface area contributed by atoms with Gasteiger partial charge in [0.25, 0.3) is 0 Å². The first kappa shape index (κ1) is 29.6. The normalized spacial score (nSPS) is 16.9. The number of hydrogen-bond donors (Lipinski definition) is 3. The zero-order valence-electron chi connectivity index (χ0n) is 23.3. The lowest BCUT2D eigenvalue weighted by Crippen LogP contribution is -2.45. The Kier molecular flexibility index (Phi) is 10.4. The monoisotopic (exact) mass is 539 g/mol. The van der Waals surface area contributed by atoms with Crippen LogP contribution in [0.1, 0.15) is 65.4 Å². The van der Waals surface area contributed by atoms with Gasteiger partial charge in [-0.25, -0.2) is 14.8 Å². The first-order valence-corrected chi connectivity index (χ1v) is 13.3. The molecule has 11 heteroatoms. The summed E-state index contributed by atoms with van der Waals surface area (Å²) in [7, 11) is 1.55. The van der Waals surface area contributed by atoms with E-state index in [0.717, 1.165) is 32.1 Å². The molecule has 3 rings (SSSR count). The summed E-state index contributed by atoms with van der Waals surface area (Å²) in [5.41, 5.74) is 0.541. The highest BCUT2D eigenvalue weighted by Gasteiger charge is 2.25. The summed E-state index contributed by atoms with van der Waals surface area (Å²) in [6.07, 6.45) is 6.84. The van der Waals surface area contributed by atoms with E-state index in [-0.39, 0.29) is 24.4 Å². The van der Waals surface area contributed by atoms with Gasteiger partial charge in [0.2, 0.25) is 17.8 Å². The Hall–Kier alpha value is -3.94. The van der Waals surface area contributed by atoms with Crippen molar-refractivity contribution >= 4 is 29.5 Å². The van der Waals surface area contributed by atoms with Crippen molar-refractivity contribution in [2.75, 3.05) is 30.8 Å². The predicted octanol–water partition coefficient (Wildman–Crippen LogP) is 4.47. The summed E-state index contributed by atoms with van der Waals surface area (Å²) in [5, 5.41) is 9.31. The lowest BCUT2D eigenvalue weighted by atomic mass is 9.86.